The van der Waals surface area contributed by atoms with E-state index in [0.29, 0.717) is 12.1 Å². The fourth-order valence-corrected chi connectivity index (χ4v) is 3.01. The summed E-state index contributed by atoms with van der Waals surface area (Å²) >= 11 is 5.93. The molecule has 1 N–H and O–H groups in total. The van der Waals surface area contributed by atoms with Gasteiger partial charge in [0.15, 0.2) is 0 Å². The van der Waals surface area contributed by atoms with Crippen molar-refractivity contribution in [3.05, 3.63) is 34.9 Å². The second kappa shape index (κ2) is 8.66. The average molecular weight is 296 g/mol. The first-order valence-corrected chi connectivity index (χ1v) is 8.28. The van der Waals surface area contributed by atoms with Crippen LogP contribution >= 0.6 is 11.6 Å². The van der Waals surface area contributed by atoms with E-state index in [0.717, 1.165) is 24.6 Å². The van der Waals surface area contributed by atoms with Crippen molar-refractivity contribution in [3.8, 4) is 0 Å². The van der Waals surface area contributed by atoms with E-state index in [1.165, 1.54) is 37.7 Å². The highest BCUT2D eigenvalue weighted by atomic mass is 35.5. The number of rotatable bonds is 7. The molecule has 1 fully saturated rings. The Hall–Kier alpha value is -0.570. The molecule has 2 rings (SSSR count). The third-order valence-electron chi connectivity index (χ3n) is 4.08. The van der Waals surface area contributed by atoms with Crippen LogP contribution in [0.2, 0.25) is 5.02 Å². The van der Waals surface area contributed by atoms with Gasteiger partial charge in [0, 0.05) is 17.6 Å². The van der Waals surface area contributed by atoms with Crippen LogP contribution in [0.3, 0.4) is 0 Å². The molecule has 0 radical (unpaired) electrons. The lowest BCUT2D eigenvalue weighted by atomic mass is 9.98. The molecule has 0 spiro atoms. The van der Waals surface area contributed by atoms with Gasteiger partial charge in [-0.15, -0.1) is 0 Å². The molecule has 1 aromatic carbocycles. The van der Waals surface area contributed by atoms with Gasteiger partial charge in [-0.05, 0) is 37.0 Å². The van der Waals surface area contributed by atoms with Gasteiger partial charge in [-0.2, -0.15) is 0 Å². The molecule has 1 unspecified atom stereocenters. The molecule has 1 atom stereocenters. The third kappa shape index (κ3) is 5.08. The van der Waals surface area contributed by atoms with E-state index in [2.05, 4.69) is 24.4 Å². The molecule has 0 bridgehead atoms. The molecular formula is C17H26ClNO. The molecule has 0 saturated heterocycles. The number of halogens is 1. The smallest absolute Gasteiger partial charge is 0.0594 e. The van der Waals surface area contributed by atoms with E-state index in [9.17, 15) is 0 Å². The maximum Gasteiger partial charge on any atom is 0.0594 e. The van der Waals surface area contributed by atoms with Gasteiger partial charge in [-0.25, -0.2) is 0 Å². The van der Waals surface area contributed by atoms with Gasteiger partial charge in [0.1, 0.15) is 0 Å². The first-order chi connectivity index (χ1) is 9.79. The summed E-state index contributed by atoms with van der Waals surface area (Å²) in [4.78, 5) is 0. The third-order valence-corrected chi connectivity index (χ3v) is 4.33. The van der Waals surface area contributed by atoms with Gasteiger partial charge in [0.25, 0.3) is 0 Å². The van der Waals surface area contributed by atoms with Crippen molar-refractivity contribution in [1.29, 1.82) is 0 Å². The molecule has 0 amide bonds. The van der Waals surface area contributed by atoms with Gasteiger partial charge < -0.3 is 10.1 Å². The van der Waals surface area contributed by atoms with Crippen LogP contribution in [-0.4, -0.2) is 19.3 Å². The minimum Gasteiger partial charge on any atom is -0.377 e. The van der Waals surface area contributed by atoms with Crippen molar-refractivity contribution >= 4 is 11.6 Å². The Bertz CT molecular complexity index is 373. The second-order valence-corrected chi connectivity index (χ2v) is 6.03. The summed E-state index contributed by atoms with van der Waals surface area (Å²) in [6, 6.07) is 8.51. The molecule has 112 valence electrons. The molecule has 2 nitrogen and oxygen atoms in total. The predicted octanol–water partition coefficient (Wildman–Crippen LogP) is 4.73. The summed E-state index contributed by atoms with van der Waals surface area (Å²) in [6.07, 6.45) is 8.11. The van der Waals surface area contributed by atoms with E-state index < -0.39 is 0 Å². The first-order valence-electron chi connectivity index (χ1n) is 7.90. The summed E-state index contributed by atoms with van der Waals surface area (Å²) in [5, 5.41) is 4.37. The molecule has 20 heavy (non-hydrogen) atoms. The van der Waals surface area contributed by atoms with Crippen molar-refractivity contribution < 1.29 is 4.74 Å². The van der Waals surface area contributed by atoms with Crippen LogP contribution < -0.4 is 5.32 Å². The Morgan fingerprint density at radius 3 is 2.55 bits per heavy atom. The Kier molecular flexibility index (Phi) is 6.85. The Morgan fingerprint density at radius 2 is 1.90 bits per heavy atom. The molecule has 1 aliphatic rings. The lowest BCUT2D eigenvalue weighted by Gasteiger charge is -2.23. The quantitative estimate of drug-likeness (QED) is 0.734. The minimum atomic E-state index is 0.391. The standard InChI is InChI=1S/C17H26ClNO/c1-2-17(14-8-10-15(18)11-9-14)19-12-13-20-16-6-4-3-5-7-16/h8-11,16-17,19H,2-7,12-13H2,1H3. The molecule has 1 saturated carbocycles. The summed E-state index contributed by atoms with van der Waals surface area (Å²) in [6.45, 7) is 3.93. The van der Waals surface area contributed by atoms with E-state index in [1.807, 2.05) is 12.1 Å². The molecule has 1 aliphatic carbocycles. The molecule has 3 heteroatoms. The fraction of sp³-hybridized carbons (Fsp3) is 0.647. The minimum absolute atomic E-state index is 0.391. The number of hydrogen-bond donors (Lipinski definition) is 1. The van der Waals surface area contributed by atoms with Crippen LogP contribution in [0.1, 0.15) is 57.1 Å². The molecule has 0 aliphatic heterocycles. The summed E-state index contributed by atoms with van der Waals surface area (Å²) < 4.78 is 5.95. The van der Waals surface area contributed by atoms with Crippen LogP contribution in [0.5, 0.6) is 0 Å². The predicted molar refractivity (Wildman–Crippen MR) is 85.3 cm³/mol. The van der Waals surface area contributed by atoms with Gasteiger partial charge in [-0.1, -0.05) is 49.9 Å². The Labute approximate surface area is 127 Å². The normalized spacial score (nSPS) is 18.1. The van der Waals surface area contributed by atoms with Gasteiger partial charge in [0.2, 0.25) is 0 Å². The topological polar surface area (TPSA) is 21.3 Å². The number of ether oxygens (including phenoxy) is 1. The highest BCUT2D eigenvalue weighted by Gasteiger charge is 2.13. The SMILES string of the molecule is CCC(NCCOC1CCCCC1)c1ccc(Cl)cc1. The van der Waals surface area contributed by atoms with E-state index in [1.54, 1.807) is 0 Å². The zero-order chi connectivity index (χ0) is 14.2. The zero-order valence-corrected chi connectivity index (χ0v) is 13.2. The van der Waals surface area contributed by atoms with Crippen LogP contribution in [0.15, 0.2) is 24.3 Å². The molecule has 1 aromatic rings. The zero-order valence-electron chi connectivity index (χ0n) is 12.4. The van der Waals surface area contributed by atoms with Crippen LogP contribution in [-0.2, 0) is 4.74 Å². The van der Waals surface area contributed by atoms with Crippen molar-refractivity contribution in [2.45, 2.75) is 57.6 Å². The van der Waals surface area contributed by atoms with Crippen LogP contribution in [0.4, 0.5) is 0 Å². The lowest BCUT2D eigenvalue weighted by molar-refractivity contribution is 0.0293. The van der Waals surface area contributed by atoms with Crippen molar-refractivity contribution in [1.82, 2.24) is 5.32 Å². The molecule has 0 heterocycles. The second-order valence-electron chi connectivity index (χ2n) is 5.60. The maximum absolute atomic E-state index is 5.95. The van der Waals surface area contributed by atoms with E-state index >= 15 is 0 Å². The number of benzene rings is 1. The van der Waals surface area contributed by atoms with Gasteiger partial charge in [0.05, 0.1) is 12.7 Å². The van der Waals surface area contributed by atoms with Crippen molar-refractivity contribution in [2.24, 2.45) is 0 Å². The molecule has 0 aromatic heterocycles. The Balaban J connectivity index is 1.69. The van der Waals surface area contributed by atoms with Crippen LogP contribution in [0, 0.1) is 0 Å². The highest BCUT2D eigenvalue weighted by Crippen LogP contribution is 2.21. The number of hydrogen-bond acceptors (Lipinski definition) is 2. The van der Waals surface area contributed by atoms with Crippen molar-refractivity contribution in [2.75, 3.05) is 13.2 Å². The van der Waals surface area contributed by atoms with Gasteiger partial charge >= 0.3 is 0 Å². The first kappa shape index (κ1) is 15.8. The fourth-order valence-electron chi connectivity index (χ4n) is 2.88. The maximum atomic E-state index is 5.95. The summed E-state index contributed by atoms with van der Waals surface area (Å²) in [5.74, 6) is 0. The monoisotopic (exact) mass is 295 g/mol. The number of nitrogens with one attached hydrogen (secondary N) is 1. The summed E-state index contributed by atoms with van der Waals surface area (Å²) in [7, 11) is 0. The summed E-state index contributed by atoms with van der Waals surface area (Å²) in [5.41, 5.74) is 1.30. The van der Waals surface area contributed by atoms with Gasteiger partial charge in [-0.3, -0.25) is 0 Å². The molecular weight excluding hydrogens is 270 g/mol. The van der Waals surface area contributed by atoms with E-state index in [4.69, 9.17) is 16.3 Å². The highest BCUT2D eigenvalue weighted by molar-refractivity contribution is 6.30. The van der Waals surface area contributed by atoms with E-state index in [-0.39, 0.29) is 0 Å². The van der Waals surface area contributed by atoms with Crippen LogP contribution in [0.25, 0.3) is 0 Å². The largest absolute Gasteiger partial charge is 0.377 e. The van der Waals surface area contributed by atoms with Crippen molar-refractivity contribution in [3.63, 3.8) is 0 Å². The average Bonchev–Trinajstić information content (AvgIpc) is 2.50. The Morgan fingerprint density at radius 1 is 1.20 bits per heavy atom. The lowest BCUT2D eigenvalue weighted by Crippen LogP contribution is -2.27.